The number of unbranched alkanes of at least 4 members (excludes halogenated alkanes) is 2. The van der Waals surface area contributed by atoms with Crippen molar-refractivity contribution >= 4 is 0 Å². The average Bonchev–Trinajstić information content (AvgIpc) is 2.46. The van der Waals surface area contributed by atoms with Crippen LogP contribution in [0.1, 0.15) is 77.8 Å². The maximum Gasteiger partial charge on any atom is 0.127 e. The second-order valence-electron chi connectivity index (χ2n) is 7.84. The average molecular weight is 316 g/mol. The molecule has 1 aliphatic heterocycles. The molecule has 2 aliphatic rings. The fourth-order valence-corrected chi connectivity index (χ4v) is 4.47. The molecule has 1 saturated carbocycles. The molecule has 0 spiro atoms. The number of ether oxygens (including phenoxy) is 1. The van der Waals surface area contributed by atoms with E-state index in [0.29, 0.717) is 17.6 Å². The van der Waals surface area contributed by atoms with Crippen LogP contribution in [0.3, 0.4) is 0 Å². The zero-order valence-electron chi connectivity index (χ0n) is 14.8. The molecule has 1 aliphatic carbocycles. The SMILES string of the molecule is C=C(C)[C@@H]1CCC2(C)CC1c1c(O)cc(CCCCC)cc1O2.[HH]. The first-order valence-electron chi connectivity index (χ1n) is 9.14. The van der Waals surface area contributed by atoms with Crippen molar-refractivity contribution in [2.24, 2.45) is 5.92 Å². The van der Waals surface area contributed by atoms with Crippen molar-refractivity contribution in [1.82, 2.24) is 0 Å². The summed E-state index contributed by atoms with van der Waals surface area (Å²) in [5.74, 6) is 2.15. The van der Waals surface area contributed by atoms with Gasteiger partial charge in [0.15, 0.2) is 0 Å². The number of phenols is 1. The number of aromatic hydroxyl groups is 1. The molecule has 23 heavy (non-hydrogen) atoms. The molecule has 2 bridgehead atoms. The molecule has 2 heteroatoms. The van der Waals surface area contributed by atoms with Gasteiger partial charge in [-0.25, -0.2) is 0 Å². The molecule has 1 heterocycles. The minimum Gasteiger partial charge on any atom is -0.508 e. The smallest absolute Gasteiger partial charge is 0.127 e. The number of hydrogen-bond donors (Lipinski definition) is 1. The molecular weight excluding hydrogens is 284 g/mol. The van der Waals surface area contributed by atoms with E-state index in [1.165, 1.54) is 30.4 Å². The quantitative estimate of drug-likeness (QED) is 0.534. The summed E-state index contributed by atoms with van der Waals surface area (Å²) in [5.41, 5.74) is 3.37. The van der Waals surface area contributed by atoms with E-state index in [9.17, 15) is 5.11 Å². The lowest BCUT2D eigenvalue weighted by molar-refractivity contribution is 0.00630. The maximum absolute atomic E-state index is 10.7. The van der Waals surface area contributed by atoms with E-state index in [2.05, 4.69) is 33.4 Å². The highest BCUT2D eigenvalue weighted by Crippen LogP contribution is 2.55. The van der Waals surface area contributed by atoms with Crippen molar-refractivity contribution in [3.63, 3.8) is 0 Å². The third kappa shape index (κ3) is 3.13. The highest BCUT2D eigenvalue weighted by atomic mass is 16.5. The Balaban J connectivity index is 0.00000208. The van der Waals surface area contributed by atoms with Crippen LogP contribution in [-0.4, -0.2) is 10.7 Å². The molecule has 1 aromatic carbocycles. The number of rotatable bonds is 5. The topological polar surface area (TPSA) is 29.5 Å². The van der Waals surface area contributed by atoms with Crippen molar-refractivity contribution in [2.75, 3.05) is 0 Å². The number of aryl methyl sites for hydroxylation is 1. The van der Waals surface area contributed by atoms with Gasteiger partial charge in [-0.1, -0.05) is 31.9 Å². The minimum absolute atomic E-state index is 0. The molecule has 2 unspecified atom stereocenters. The summed E-state index contributed by atoms with van der Waals surface area (Å²) < 4.78 is 6.36. The summed E-state index contributed by atoms with van der Waals surface area (Å²) in [6, 6.07) is 4.14. The standard InChI is InChI=1S/C21H30O2.H2/c1-5-6-7-8-15-11-18(22)20-17-13-21(4,23-19(20)12-15)10-9-16(17)14(2)3;/h11-12,16-17,22H,2,5-10,13H2,1,3-4H3;1H/t16-,17?,21?;/m0./s1. The van der Waals surface area contributed by atoms with Crippen LogP contribution >= 0.6 is 0 Å². The first-order chi connectivity index (χ1) is 10.9. The van der Waals surface area contributed by atoms with Gasteiger partial charge < -0.3 is 9.84 Å². The first kappa shape index (κ1) is 16.4. The molecule has 0 saturated heterocycles. The Morgan fingerprint density at radius 3 is 2.91 bits per heavy atom. The molecule has 0 aromatic heterocycles. The summed E-state index contributed by atoms with van der Waals surface area (Å²) in [4.78, 5) is 0. The lowest BCUT2D eigenvalue weighted by Gasteiger charge is -2.48. The summed E-state index contributed by atoms with van der Waals surface area (Å²) in [6.45, 7) is 10.8. The maximum atomic E-state index is 10.7. The summed E-state index contributed by atoms with van der Waals surface area (Å²) in [5, 5.41) is 10.7. The second-order valence-corrected chi connectivity index (χ2v) is 7.84. The fourth-order valence-electron chi connectivity index (χ4n) is 4.47. The molecule has 1 fully saturated rings. The van der Waals surface area contributed by atoms with E-state index in [4.69, 9.17) is 4.74 Å². The molecule has 1 aromatic rings. The Morgan fingerprint density at radius 1 is 1.43 bits per heavy atom. The van der Waals surface area contributed by atoms with Crippen LogP contribution in [0.15, 0.2) is 24.3 Å². The van der Waals surface area contributed by atoms with E-state index < -0.39 is 0 Å². The van der Waals surface area contributed by atoms with E-state index >= 15 is 0 Å². The van der Waals surface area contributed by atoms with E-state index in [1.54, 1.807) is 0 Å². The lowest BCUT2D eigenvalue weighted by atomic mass is 9.65. The number of allylic oxidation sites excluding steroid dienone is 1. The third-order valence-corrected chi connectivity index (χ3v) is 5.73. The highest BCUT2D eigenvalue weighted by molar-refractivity contribution is 5.52. The second kappa shape index (κ2) is 6.22. The van der Waals surface area contributed by atoms with Gasteiger partial charge >= 0.3 is 0 Å². The van der Waals surface area contributed by atoms with Gasteiger partial charge in [0.25, 0.3) is 0 Å². The predicted octanol–water partition coefficient (Wildman–Crippen LogP) is 5.98. The van der Waals surface area contributed by atoms with Crippen LogP contribution in [0.4, 0.5) is 0 Å². The van der Waals surface area contributed by atoms with Crippen LogP contribution in [0, 0.1) is 5.92 Å². The van der Waals surface area contributed by atoms with Crippen LogP contribution in [0.25, 0.3) is 0 Å². The highest BCUT2D eigenvalue weighted by Gasteiger charge is 2.46. The van der Waals surface area contributed by atoms with Crippen LogP contribution in [0.2, 0.25) is 0 Å². The van der Waals surface area contributed by atoms with Gasteiger partial charge in [-0.05, 0) is 69.6 Å². The zero-order chi connectivity index (χ0) is 16.6. The lowest BCUT2D eigenvalue weighted by Crippen LogP contribution is -2.44. The van der Waals surface area contributed by atoms with Gasteiger partial charge in [0.05, 0.1) is 0 Å². The van der Waals surface area contributed by atoms with Gasteiger partial charge in [0, 0.05) is 12.9 Å². The molecule has 0 amide bonds. The van der Waals surface area contributed by atoms with Crippen LogP contribution in [-0.2, 0) is 6.42 Å². The number of phenolic OH excluding ortho intramolecular Hbond substituents is 1. The van der Waals surface area contributed by atoms with Gasteiger partial charge in [0.1, 0.15) is 17.1 Å². The monoisotopic (exact) mass is 316 g/mol. The van der Waals surface area contributed by atoms with Crippen molar-refractivity contribution in [1.29, 1.82) is 0 Å². The van der Waals surface area contributed by atoms with Crippen molar-refractivity contribution in [2.45, 2.75) is 77.2 Å². The molecule has 128 valence electrons. The van der Waals surface area contributed by atoms with Crippen molar-refractivity contribution in [3.05, 3.63) is 35.4 Å². The predicted molar refractivity (Wildman–Crippen MR) is 97.4 cm³/mol. The summed E-state index contributed by atoms with van der Waals surface area (Å²) in [7, 11) is 0. The Morgan fingerprint density at radius 2 is 2.22 bits per heavy atom. The largest absolute Gasteiger partial charge is 0.508 e. The van der Waals surface area contributed by atoms with Gasteiger partial charge in [-0.2, -0.15) is 0 Å². The minimum atomic E-state index is -0.0852. The normalized spacial score (nSPS) is 28.8. The van der Waals surface area contributed by atoms with Crippen molar-refractivity contribution in [3.8, 4) is 11.5 Å². The van der Waals surface area contributed by atoms with Crippen LogP contribution < -0.4 is 4.74 Å². The Bertz CT molecular complexity index is 610. The van der Waals surface area contributed by atoms with Gasteiger partial charge in [0.2, 0.25) is 0 Å². The molecule has 3 atom stereocenters. The summed E-state index contributed by atoms with van der Waals surface area (Å²) in [6.07, 6.45) is 7.80. The van der Waals surface area contributed by atoms with Gasteiger partial charge in [-0.15, -0.1) is 0 Å². The van der Waals surface area contributed by atoms with Crippen LogP contribution in [0.5, 0.6) is 11.5 Å². The Kier molecular flexibility index (Phi) is 4.44. The number of benzene rings is 1. The molecule has 2 nitrogen and oxygen atoms in total. The Labute approximate surface area is 142 Å². The first-order valence-corrected chi connectivity index (χ1v) is 9.14. The van der Waals surface area contributed by atoms with E-state index in [1.807, 2.05) is 6.07 Å². The summed E-state index contributed by atoms with van der Waals surface area (Å²) >= 11 is 0. The Hall–Kier alpha value is -1.44. The number of fused-ring (bicyclic) bond motifs is 4. The molecule has 1 N–H and O–H groups in total. The molecule has 0 radical (unpaired) electrons. The fraction of sp³-hybridized carbons (Fsp3) is 0.619. The van der Waals surface area contributed by atoms with Crippen molar-refractivity contribution < 1.29 is 11.3 Å². The van der Waals surface area contributed by atoms with E-state index in [-0.39, 0.29) is 7.03 Å². The van der Waals surface area contributed by atoms with Gasteiger partial charge in [-0.3, -0.25) is 0 Å². The zero-order valence-corrected chi connectivity index (χ0v) is 14.8. The molecular formula is C21H32O2. The number of hydrogen-bond acceptors (Lipinski definition) is 2. The van der Waals surface area contributed by atoms with E-state index in [0.717, 1.165) is 37.0 Å². The third-order valence-electron chi connectivity index (χ3n) is 5.73. The molecule has 3 rings (SSSR count).